The zero-order valence-electron chi connectivity index (χ0n) is 13.2. The van der Waals surface area contributed by atoms with E-state index in [9.17, 15) is 19.5 Å². The van der Waals surface area contributed by atoms with Crippen LogP contribution in [0, 0.1) is 23.2 Å². The largest absolute Gasteiger partial charge is 0.481 e. The fourth-order valence-electron chi connectivity index (χ4n) is 3.66. The fraction of sp³-hybridized carbons (Fsp3) is 0.812. The molecule has 0 bridgehead atoms. The molecule has 22 heavy (non-hydrogen) atoms. The van der Waals surface area contributed by atoms with Crippen LogP contribution in [0.3, 0.4) is 0 Å². The Hall–Kier alpha value is -1.59. The molecule has 3 rings (SSSR count). The van der Waals surface area contributed by atoms with E-state index in [1.54, 1.807) is 4.90 Å². The number of likely N-dealkylation sites (tertiary alicyclic amines) is 1. The summed E-state index contributed by atoms with van der Waals surface area (Å²) in [6.07, 6.45) is 3.51. The second kappa shape index (κ2) is 5.25. The highest BCUT2D eigenvalue weighted by Gasteiger charge is 2.66. The maximum Gasteiger partial charge on any atom is 0.307 e. The number of carboxylic acids is 1. The number of hydrogen-bond donors (Lipinski definition) is 2. The first kappa shape index (κ1) is 15.3. The highest BCUT2D eigenvalue weighted by molar-refractivity contribution is 5.91. The quantitative estimate of drug-likeness (QED) is 0.806. The summed E-state index contributed by atoms with van der Waals surface area (Å²) in [5.41, 5.74) is -0.444. The van der Waals surface area contributed by atoms with E-state index in [1.165, 1.54) is 0 Å². The number of aliphatic carboxylic acids is 1. The van der Waals surface area contributed by atoms with Crippen LogP contribution in [0.25, 0.3) is 0 Å². The summed E-state index contributed by atoms with van der Waals surface area (Å²) in [5.74, 6) is -1.52. The molecule has 1 heterocycles. The van der Waals surface area contributed by atoms with E-state index in [0.717, 1.165) is 25.7 Å². The number of carbonyl (C=O) groups is 3. The normalized spacial score (nSPS) is 30.7. The minimum atomic E-state index is -0.880. The lowest BCUT2D eigenvalue weighted by Crippen LogP contribution is -2.47. The summed E-state index contributed by atoms with van der Waals surface area (Å²) < 4.78 is 0. The van der Waals surface area contributed by atoms with E-state index in [4.69, 9.17) is 0 Å². The molecular weight excluding hydrogens is 284 g/mol. The molecule has 1 saturated heterocycles. The van der Waals surface area contributed by atoms with Crippen molar-refractivity contribution in [1.29, 1.82) is 0 Å². The summed E-state index contributed by atoms with van der Waals surface area (Å²) in [6, 6.07) is 0.152. The Balaban J connectivity index is 1.50. The van der Waals surface area contributed by atoms with Crippen molar-refractivity contribution in [3.8, 4) is 0 Å². The number of piperidine rings is 1. The molecule has 2 aliphatic carbocycles. The Labute approximate surface area is 130 Å². The lowest BCUT2D eigenvalue weighted by molar-refractivity contribution is -0.142. The summed E-state index contributed by atoms with van der Waals surface area (Å²) in [4.78, 5) is 37.2. The van der Waals surface area contributed by atoms with Crippen LogP contribution in [-0.4, -0.2) is 46.9 Å². The van der Waals surface area contributed by atoms with Gasteiger partial charge in [0.2, 0.25) is 11.8 Å². The van der Waals surface area contributed by atoms with Gasteiger partial charge in [0.25, 0.3) is 0 Å². The second-order valence-corrected chi connectivity index (χ2v) is 7.50. The Morgan fingerprint density at radius 3 is 2.09 bits per heavy atom. The van der Waals surface area contributed by atoms with Crippen molar-refractivity contribution in [2.75, 3.05) is 13.1 Å². The van der Waals surface area contributed by atoms with E-state index >= 15 is 0 Å². The molecule has 0 unspecified atom stereocenters. The van der Waals surface area contributed by atoms with Crippen LogP contribution in [0.5, 0.6) is 0 Å². The van der Waals surface area contributed by atoms with Gasteiger partial charge in [0, 0.05) is 25.0 Å². The fourth-order valence-corrected chi connectivity index (χ4v) is 3.66. The molecule has 0 spiro atoms. The summed E-state index contributed by atoms with van der Waals surface area (Å²) >= 11 is 0. The third-order valence-corrected chi connectivity index (χ3v) is 5.46. The van der Waals surface area contributed by atoms with Crippen LogP contribution >= 0.6 is 0 Å². The van der Waals surface area contributed by atoms with Gasteiger partial charge in [-0.3, -0.25) is 14.4 Å². The molecule has 0 aromatic heterocycles. The van der Waals surface area contributed by atoms with Crippen molar-refractivity contribution in [3.63, 3.8) is 0 Å². The van der Waals surface area contributed by atoms with Gasteiger partial charge in [-0.15, -0.1) is 0 Å². The molecule has 6 nitrogen and oxygen atoms in total. The molecule has 2 N–H and O–H groups in total. The van der Waals surface area contributed by atoms with Crippen LogP contribution in [0.1, 0.15) is 39.5 Å². The van der Waals surface area contributed by atoms with E-state index in [0.29, 0.717) is 13.1 Å². The average molecular weight is 308 g/mol. The standard InChI is InChI=1S/C16H24N2O4/c1-16(2)11(12(16)15(21)22)14(20)18-7-5-10(6-8-18)17-13(19)9-3-4-9/h9-12H,3-8H2,1-2H3,(H,17,19)(H,21,22)/t11-,12+/m1/s1. The van der Waals surface area contributed by atoms with Crippen molar-refractivity contribution in [3.05, 3.63) is 0 Å². The lowest BCUT2D eigenvalue weighted by Gasteiger charge is -2.33. The van der Waals surface area contributed by atoms with Gasteiger partial charge in [-0.25, -0.2) is 0 Å². The molecule has 6 heteroatoms. The zero-order chi connectivity index (χ0) is 16.1. The maximum absolute atomic E-state index is 12.5. The van der Waals surface area contributed by atoms with Gasteiger partial charge < -0.3 is 15.3 Å². The Bertz CT molecular complexity index is 504. The Morgan fingerprint density at radius 2 is 1.64 bits per heavy atom. The van der Waals surface area contributed by atoms with Gasteiger partial charge in [-0.2, -0.15) is 0 Å². The number of carboxylic acid groups (broad SMARTS) is 1. The number of amides is 2. The topological polar surface area (TPSA) is 86.7 Å². The van der Waals surface area contributed by atoms with Crippen LogP contribution in [0.2, 0.25) is 0 Å². The summed E-state index contributed by atoms with van der Waals surface area (Å²) in [5, 5.41) is 12.2. The molecule has 2 amide bonds. The van der Waals surface area contributed by atoms with E-state index in [2.05, 4.69) is 5.32 Å². The van der Waals surface area contributed by atoms with Crippen molar-refractivity contribution in [2.45, 2.75) is 45.6 Å². The number of rotatable bonds is 4. The zero-order valence-corrected chi connectivity index (χ0v) is 13.2. The third kappa shape index (κ3) is 2.71. The SMILES string of the molecule is CC1(C)[C@H](C(=O)O)[C@@H]1C(=O)N1CCC(NC(=O)C2CC2)CC1. The maximum atomic E-state index is 12.5. The van der Waals surface area contributed by atoms with Gasteiger partial charge in [-0.05, 0) is 31.1 Å². The number of nitrogens with one attached hydrogen (secondary N) is 1. The predicted octanol–water partition coefficient (Wildman–Crippen LogP) is 0.860. The van der Waals surface area contributed by atoms with Crippen LogP contribution < -0.4 is 5.32 Å². The van der Waals surface area contributed by atoms with Gasteiger partial charge >= 0.3 is 5.97 Å². The van der Waals surface area contributed by atoms with Crippen LogP contribution in [0.15, 0.2) is 0 Å². The van der Waals surface area contributed by atoms with E-state index < -0.39 is 23.2 Å². The third-order valence-electron chi connectivity index (χ3n) is 5.46. The monoisotopic (exact) mass is 308 g/mol. The average Bonchev–Trinajstić information content (AvgIpc) is 3.34. The molecule has 2 atom stereocenters. The molecule has 0 aromatic carbocycles. The molecule has 1 aliphatic heterocycles. The van der Waals surface area contributed by atoms with Crippen molar-refractivity contribution < 1.29 is 19.5 Å². The summed E-state index contributed by atoms with van der Waals surface area (Å²) in [7, 11) is 0. The smallest absolute Gasteiger partial charge is 0.307 e. The first-order chi connectivity index (χ1) is 10.3. The molecule has 0 radical (unpaired) electrons. The highest BCUT2D eigenvalue weighted by Crippen LogP contribution is 2.59. The Morgan fingerprint density at radius 1 is 1.05 bits per heavy atom. The van der Waals surface area contributed by atoms with Crippen molar-refractivity contribution in [1.82, 2.24) is 10.2 Å². The molecule has 2 saturated carbocycles. The Kier molecular flexibility index (Phi) is 3.65. The number of carbonyl (C=O) groups excluding carboxylic acids is 2. The van der Waals surface area contributed by atoms with E-state index in [-0.39, 0.29) is 23.8 Å². The highest BCUT2D eigenvalue weighted by atomic mass is 16.4. The first-order valence-corrected chi connectivity index (χ1v) is 8.14. The molecular formula is C16H24N2O4. The van der Waals surface area contributed by atoms with E-state index in [1.807, 2.05) is 13.8 Å². The second-order valence-electron chi connectivity index (χ2n) is 7.50. The molecule has 122 valence electrons. The van der Waals surface area contributed by atoms with Crippen LogP contribution in [0.4, 0.5) is 0 Å². The molecule has 0 aromatic rings. The minimum Gasteiger partial charge on any atom is -0.481 e. The van der Waals surface area contributed by atoms with Crippen molar-refractivity contribution in [2.24, 2.45) is 23.2 Å². The molecule has 3 aliphatic rings. The first-order valence-electron chi connectivity index (χ1n) is 8.14. The minimum absolute atomic E-state index is 0.0376. The number of nitrogens with zero attached hydrogens (tertiary/aromatic N) is 1. The summed E-state index contributed by atoms with van der Waals surface area (Å²) in [6.45, 7) is 4.90. The predicted molar refractivity (Wildman–Crippen MR) is 78.9 cm³/mol. The number of hydrogen-bond acceptors (Lipinski definition) is 3. The van der Waals surface area contributed by atoms with Gasteiger partial charge in [-0.1, -0.05) is 13.8 Å². The van der Waals surface area contributed by atoms with Crippen molar-refractivity contribution >= 4 is 17.8 Å². The van der Waals surface area contributed by atoms with Gasteiger partial charge in [0.05, 0.1) is 11.8 Å². The molecule has 3 fully saturated rings. The lowest BCUT2D eigenvalue weighted by atomic mass is 10.0. The van der Waals surface area contributed by atoms with Gasteiger partial charge in [0.1, 0.15) is 0 Å². The van der Waals surface area contributed by atoms with Crippen LogP contribution in [-0.2, 0) is 14.4 Å². The van der Waals surface area contributed by atoms with Gasteiger partial charge in [0.15, 0.2) is 0 Å².